The minimum atomic E-state index is -0.692. The number of hydrogen-bond acceptors (Lipinski definition) is 6. The van der Waals surface area contributed by atoms with Crippen LogP contribution in [0, 0.1) is 6.92 Å². The van der Waals surface area contributed by atoms with Crippen molar-refractivity contribution in [3.8, 4) is 11.5 Å². The normalized spacial score (nSPS) is 15.5. The summed E-state index contributed by atoms with van der Waals surface area (Å²) in [6.45, 7) is 2.61. The van der Waals surface area contributed by atoms with Crippen LogP contribution in [-0.2, 0) is 16.0 Å². The molecule has 0 spiro atoms. The van der Waals surface area contributed by atoms with Gasteiger partial charge in [0.1, 0.15) is 17.5 Å². The van der Waals surface area contributed by atoms with E-state index < -0.39 is 6.04 Å². The lowest BCUT2D eigenvalue weighted by atomic mass is 10.1. The van der Waals surface area contributed by atoms with E-state index in [0.717, 1.165) is 6.42 Å². The highest BCUT2D eigenvalue weighted by Crippen LogP contribution is 2.30. The van der Waals surface area contributed by atoms with E-state index in [9.17, 15) is 9.59 Å². The van der Waals surface area contributed by atoms with Gasteiger partial charge in [-0.2, -0.15) is 0 Å². The number of nitrogens with one attached hydrogen (secondary N) is 1. The van der Waals surface area contributed by atoms with E-state index in [1.165, 1.54) is 15.3 Å². The van der Waals surface area contributed by atoms with E-state index in [2.05, 4.69) is 23.7 Å². The first-order chi connectivity index (χ1) is 16.9. The molecule has 1 fully saturated rings. The Morgan fingerprint density at radius 2 is 1.66 bits per heavy atom. The number of carbonyl (C=O) groups is 2. The highest BCUT2D eigenvalue weighted by molar-refractivity contribution is 7.80. The summed E-state index contributed by atoms with van der Waals surface area (Å²) in [7, 11) is 3.18. The van der Waals surface area contributed by atoms with E-state index in [0.29, 0.717) is 34.5 Å². The molecule has 182 valence electrons. The van der Waals surface area contributed by atoms with Crippen molar-refractivity contribution in [2.75, 3.05) is 31.0 Å². The molecule has 4 rings (SSSR count). The van der Waals surface area contributed by atoms with Gasteiger partial charge >= 0.3 is 0 Å². The van der Waals surface area contributed by atoms with Crippen LogP contribution in [0.5, 0.6) is 11.5 Å². The van der Waals surface area contributed by atoms with Gasteiger partial charge in [-0.3, -0.25) is 14.5 Å². The second-order valence-corrected chi connectivity index (χ2v) is 9.49. The number of carbonyl (C=O) groups excluding carboxylic acids is 2. The lowest BCUT2D eigenvalue weighted by molar-refractivity contribution is -0.124. The average molecular weight is 510 g/mol. The molecule has 1 aliphatic heterocycles. The summed E-state index contributed by atoms with van der Waals surface area (Å²) >= 11 is 7.44. The lowest BCUT2D eigenvalue weighted by Gasteiger charge is -2.24. The molecular formula is C26H27N3O4S2. The minimum Gasteiger partial charge on any atom is -0.497 e. The second kappa shape index (κ2) is 10.9. The Morgan fingerprint density at radius 3 is 2.23 bits per heavy atom. The Morgan fingerprint density at radius 1 is 1.03 bits per heavy atom. The molecular weight excluding hydrogens is 482 g/mol. The number of amides is 2. The summed E-state index contributed by atoms with van der Waals surface area (Å²) in [5, 5.41) is 5.33. The number of aryl methyl sites for hydroxylation is 1. The number of rotatable bonds is 9. The zero-order chi connectivity index (χ0) is 24.9. The Labute approximate surface area is 214 Å². The average Bonchev–Trinajstić information content (AvgIpc) is 3.38. The van der Waals surface area contributed by atoms with Crippen LogP contribution in [0.15, 0.2) is 60.0 Å². The van der Waals surface area contributed by atoms with Gasteiger partial charge in [0, 0.05) is 17.1 Å². The number of benzene rings is 2. The number of nitrogens with zero attached hydrogens (tertiary/aromatic N) is 2. The molecule has 1 aliphatic rings. The summed E-state index contributed by atoms with van der Waals surface area (Å²) < 4.78 is 10.4. The smallest absolute Gasteiger partial charge is 0.256 e. The molecule has 1 saturated heterocycles. The molecule has 0 saturated carbocycles. The minimum absolute atomic E-state index is 0.0128. The summed E-state index contributed by atoms with van der Waals surface area (Å²) in [5.41, 5.74) is 2.50. The number of methoxy groups -OCH3 is 2. The molecule has 1 atom stereocenters. The van der Waals surface area contributed by atoms with Gasteiger partial charge < -0.3 is 19.7 Å². The fraction of sp³-hybridized carbons (Fsp3) is 0.269. The van der Waals surface area contributed by atoms with Crippen LogP contribution >= 0.6 is 23.6 Å². The third kappa shape index (κ3) is 5.47. The van der Waals surface area contributed by atoms with Crippen LogP contribution in [0.4, 0.5) is 11.4 Å². The van der Waals surface area contributed by atoms with Crippen LogP contribution in [0.1, 0.15) is 16.9 Å². The molecule has 2 heterocycles. The van der Waals surface area contributed by atoms with Gasteiger partial charge in [-0.15, -0.1) is 11.3 Å². The maximum absolute atomic E-state index is 13.6. The number of thiophene rings is 1. The van der Waals surface area contributed by atoms with Crippen molar-refractivity contribution in [3.63, 3.8) is 0 Å². The predicted octanol–water partition coefficient (Wildman–Crippen LogP) is 4.65. The van der Waals surface area contributed by atoms with Crippen molar-refractivity contribution >= 4 is 51.9 Å². The van der Waals surface area contributed by atoms with Crippen molar-refractivity contribution in [1.29, 1.82) is 0 Å². The standard InChI is InChI=1S/C26H27N3O4S2/c1-17-13-15-35-23(17)12-14-28-22(16-24(30)27-18-4-8-20(32-2)9-5-18)25(31)29(26(28)34)19-6-10-21(33-3)11-7-19/h4-11,13,15,22H,12,14,16H2,1-3H3,(H,27,30)/t22-/m0/s1. The van der Waals surface area contributed by atoms with Gasteiger partial charge in [-0.25, -0.2) is 0 Å². The molecule has 35 heavy (non-hydrogen) atoms. The summed E-state index contributed by atoms with van der Waals surface area (Å²) in [6.07, 6.45) is 0.727. The molecule has 0 aliphatic carbocycles. The van der Waals surface area contributed by atoms with Crippen LogP contribution in [0.25, 0.3) is 0 Å². The first kappa shape index (κ1) is 24.7. The Kier molecular flexibility index (Phi) is 7.67. The van der Waals surface area contributed by atoms with E-state index in [1.807, 2.05) is 4.90 Å². The van der Waals surface area contributed by atoms with Crippen LogP contribution in [0.2, 0.25) is 0 Å². The van der Waals surface area contributed by atoms with Gasteiger partial charge in [0.05, 0.1) is 26.3 Å². The maximum atomic E-state index is 13.6. The number of thiocarbonyl (C=S) groups is 1. The predicted molar refractivity (Wildman–Crippen MR) is 143 cm³/mol. The number of anilines is 2. The maximum Gasteiger partial charge on any atom is 0.256 e. The van der Waals surface area contributed by atoms with Crippen molar-refractivity contribution in [1.82, 2.24) is 4.90 Å². The molecule has 2 amide bonds. The van der Waals surface area contributed by atoms with Crippen molar-refractivity contribution in [2.45, 2.75) is 25.8 Å². The largest absolute Gasteiger partial charge is 0.497 e. The van der Waals surface area contributed by atoms with Crippen LogP contribution < -0.4 is 19.7 Å². The zero-order valence-corrected chi connectivity index (χ0v) is 21.4. The third-order valence-electron chi connectivity index (χ3n) is 5.95. The second-order valence-electron chi connectivity index (χ2n) is 8.12. The number of hydrogen-bond donors (Lipinski definition) is 1. The van der Waals surface area contributed by atoms with Gasteiger partial charge in [0.25, 0.3) is 5.91 Å². The van der Waals surface area contributed by atoms with Gasteiger partial charge in [0.2, 0.25) is 5.91 Å². The molecule has 0 bridgehead atoms. The van der Waals surface area contributed by atoms with E-state index in [1.54, 1.807) is 74.1 Å². The van der Waals surface area contributed by atoms with Crippen molar-refractivity contribution < 1.29 is 19.1 Å². The lowest BCUT2D eigenvalue weighted by Crippen LogP contribution is -2.39. The fourth-order valence-corrected chi connectivity index (χ4v) is 5.31. The number of ether oxygens (including phenoxy) is 2. The Bertz CT molecular complexity index is 1210. The van der Waals surface area contributed by atoms with Gasteiger partial charge in [-0.1, -0.05) is 0 Å². The molecule has 1 aromatic heterocycles. The fourth-order valence-electron chi connectivity index (χ4n) is 4.00. The van der Waals surface area contributed by atoms with Gasteiger partial charge in [0.15, 0.2) is 5.11 Å². The zero-order valence-electron chi connectivity index (χ0n) is 19.8. The Hall–Kier alpha value is -3.43. The highest BCUT2D eigenvalue weighted by Gasteiger charge is 2.44. The monoisotopic (exact) mass is 509 g/mol. The first-order valence-corrected chi connectivity index (χ1v) is 12.5. The molecule has 1 N–H and O–H groups in total. The molecule has 3 aromatic rings. The molecule has 0 radical (unpaired) electrons. The summed E-state index contributed by atoms with van der Waals surface area (Å²) in [5.74, 6) is 0.911. The quantitative estimate of drug-likeness (QED) is 0.424. The Balaban J connectivity index is 1.54. The van der Waals surface area contributed by atoms with Crippen LogP contribution in [0.3, 0.4) is 0 Å². The van der Waals surface area contributed by atoms with Crippen molar-refractivity contribution in [2.24, 2.45) is 0 Å². The SMILES string of the molecule is COc1ccc(NC(=O)C[C@H]2C(=O)N(c3ccc(OC)cc3)C(=S)N2CCc2sccc2C)cc1. The topological polar surface area (TPSA) is 71.1 Å². The van der Waals surface area contributed by atoms with E-state index in [-0.39, 0.29) is 18.2 Å². The third-order valence-corrected chi connectivity index (χ3v) is 7.45. The van der Waals surface area contributed by atoms with E-state index in [4.69, 9.17) is 21.7 Å². The van der Waals surface area contributed by atoms with Gasteiger partial charge in [-0.05, 0) is 91.1 Å². The summed E-state index contributed by atoms with van der Waals surface area (Å²) in [6, 6.07) is 15.6. The van der Waals surface area contributed by atoms with E-state index >= 15 is 0 Å². The summed E-state index contributed by atoms with van der Waals surface area (Å²) in [4.78, 5) is 31.1. The molecule has 7 nitrogen and oxygen atoms in total. The molecule has 0 unspecified atom stereocenters. The molecule has 2 aromatic carbocycles. The first-order valence-electron chi connectivity index (χ1n) is 11.2. The van der Waals surface area contributed by atoms with Crippen molar-refractivity contribution in [3.05, 3.63) is 70.4 Å². The highest BCUT2D eigenvalue weighted by atomic mass is 32.1. The molecule has 9 heteroatoms. The van der Waals surface area contributed by atoms with Crippen LogP contribution in [-0.4, -0.2) is 48.6 Å².